The zero-order valence-electron chi connectivity index (χ0n) is 18.0. The molecule has 2 fully saturated rings. The maximum Gasteiger partial charge on any atom is 0.262 e. The van der Waals surface area contributed by atoms with Crippen molar-refractivity contribution in [3.63, 3.8) is 0 Å². The van der Waals surface area contributed by atoms with Crippen LogP contribution in [0.5, 0.6) is 0 Å². The molecule has 9 nitrogen and oxygen atoms in total. The van der Waals surface area contributed by atoms with Crippen LogP contribution < -0.4 is 21.1 Å². The standard InChI is InChI=1S/C24H21N5O4/c1-12-19(31)28-16-10-6-4-8-14(16)24(22(28)25-12)11-17-18(30)27-23(2,33-24)21-26-15-9-5-3-7-13(15)20(32)29(17)21/h3-10,12,17,22,25H,11H2,1-2H3,(H,27,30)/t12-,17-,22+,23-,24+/m1/s1. The summed E-state index contributed by atoms with van der Waals surface area (Å²) in [5.41, 5.74) is -0.563. The molecule has 2 bridgehead atoms. The largest absolute Gasteiger partial charge is 0.334 e. The highest BCUT2D eigenvalue weighted by molar-refractivity contribution is 6.02. The number of nitrogens with one attached hydrogen (secondary N) is 2. The van der Waals surface area contributed by atoms with Gasteiger partial charge in [-0.05, 0) is 32.0 Å². The van der Waals surface area contributed by atoms with E-state index in [2.05, 4.69) is 10.6 Å². The van der Waals surface area contributed by atoms with E-state index in [9.17, 15) is 14.4 Å². The Hall–Kier alpha value is -3.56. The summed E-state index contributed by atoms with van der Waals surface area (Å²) in [5, 5.41) is 6.81. The van der Waals surface area contributed by atoms with Gasteiger partial charge in [-0.15, -0.1) is 0 Å². The third kappa shape index (κ3) is 2.14. The van der Waals surface area contributed by atoms with Crippen LogP contribution >= 0.6 is 0 Å². The molecular formula is C24H21N5O4. The third-order valence-corrected chi connectivity index (χ3v) is 7.43. The van der Waals surface area contributed by atoms with Crippen molar-refractivity contribution in [3.8, 4) is 0 Å². The van der Waals surface area contributed by atoms with Gasteiger partial charge >= 0.3 is 0 Å². The third-order valence-electron chi connectivity index (χ3n) is 7.43. The summed E-state index contributed by atoms with van der Waals surface area (Å²) in [4.78, 5) is 46.5. The van der Waals surface area contributed by atoms with Crippen LogP contribution in [0.2, 0.25) is 0 Å². The minimum Gasteiger partial charge on any atom is -0.334 e. The van der Waals surface area contributed by atoms with E-state index in [1.807, 2.05) is 37.3 Å². The average Bonchev–Trinajstić information content (AvgIpc) is 3.13. The van der Waals surface area contributed by atoms with Crippen molar-refractivity contribution in [3.05, 3.63) is 70.3 Å². The van der Waals surface area contributed by atoms with Crippen molar-refractivity contribution in [1.29, 1.82) is 0 Å². The van der Waals surface area contributed by atoms with Gasteiger partial charge in [0.15, 0.2) is 11.5 Å². The molecule has 5 aliphatic heterocycles. The van der Waals surface area contributed by atoms with Crippen molar-refractivity contribution in [1.82, 2.24) is 20.2 Å². The molecule has 2 aromatic carbocycles. The fourth-order valence-corrected chi connectivity index (χ4v) is 6.05. The lowest BCUT2D eigenvalue weighted by Crippen LogP contribution is -2.57. The van der Waals surface area contributed by atoms with E-state index in [-0.39, 0.29) is 23.8 Å². The Labute approximate surface area is 188 Å². The number of benzene rings is 2. The molecule has 6 heterocycles. The van der Waals surface area contributed by atoms with Crippen molar-refractivity contribution in [2.24, 2.45) is 0 Å². The highest BCUT2D eigenvalue weighted by Gasteiger charge is 2.65. The van der Waals surface area contributed by atoms with E-state index in [1.54, 1.807) is 30.0 Å². The predicted octanol–water partition coefficient (Wildman–Crippen LogP) is 1.22. The molecule has 33 heavy (non-hydrogen) atoms. The maximum atomic E-state index is 13.6. The number of hydrogen-bond acceptors (Lipinski definition) is 6. The summed E-state index contributed by atoms with van der Waals surface area (Å²) >= 11 is 0. The summed E-state index contributed by atoms with van der Waals surface area (Å²) < 4.78 is 8.35. The molecule has 0 saturated carbocycles. The molecule has 0 radical (unpaired) electrons. The monoisotopic (exact) mass is 443 g/mol. The summed E-state index contributed by atoms with van der Waals surface area (Å²) in [7, 11) is 0. The molecule has 5 atom stereocenters. The Morgan fingerprint density at radius 1 is 1.09 bits per heavy atom. The van der Waals surface area contributed by atoms with Gasteiger partial charge in [0, 0.05) is 12.0 Å². The molecule has 9 heteroatoms. The van der Waals surface area contributed by atoms with E-state index >= 15 is 0 Å². The van der Waals surface area contributed by atoms with Gasteiger partial charge < -0.3 is 10.1 Å². The second-order valence-corrected chi connectivity index (χ2v) is 9.38. The average molecular weight is 443 g/mol. The number of hydrogen-bond donors (Lipinski definition) is 2. The fraction of sp³-hybridized carbons (Fsp3) is 0.333. The van der Waals surface area contributed by atoms with Gasteiger partial charge in [0.2, 0.25) is 11.8 Å². The number of para-hydroxylation sites is 2. The first kappa shape index (κ1) is 19.0. The van der Waals surface area contributed by atoms with Crippen LogP contribution in [0.1, 0.15) is 37.7 Å². The summed E-state index contributed by atoms with van der Waals surface area (Å²) in [5.74, 6) is 0.0165. The summed E-state index contributed by atoms with van der Waals surface area (Å²) in [6.07, 6.45) is -0.321. The molecule has 2 amide bonds. The Kier molecular flexibility index (Phi) is 3.37. The first-order chi connectivity index (χ1) is 15.8. The number of amides is 2. The number of ether oxygens (including phenoxy) is 1. The van der Waals surface area contributed by atoms with Crippen LogP contribution in [0.15, 0.2) is 53.3 Å². The first-order valence-corrected chi connectivity index (χ1v) is 11.1. The van der Waals surface area contributed by atoms with Crippen molar-refractivity contribution in [2.45, 2.75) is 49.8 Å². The van der Waals surface area contributed by atoms with Gasteiger partial charge in [-0.25, -0.2) is 4.98 Å². The van der Waals surface area contributed by atoms with Crippen LogP contribution in [0, 0.1) is 0 Å². The van der Waals surface area contributed by atoms with E-state index in [0.717, 1.165) is 11.3 Å². The molecule has 0 unspecified atom stereocenters. The van der Waals surface area contributed by atoms with Crippen LogP contribution in [-0.2, 0) is 25.7 Å². The number of carbonyl (C=O) groups is 2. The molecule has 1 aromatic heterocycles. The highest BCUT2D eigenvalue weighted by atomic mass is 16.5. The van der Waals surface area contributed by atoms with E-state index in [4.69, 9.17) is 9.72 Å². The van der Waals surface area contributed by atoms with Crippen molar-refractivity contribution < 1.29 is 14.3 Å². The van der Waals surface area contributed by atoms with Crippen LogP contribution in [-0.4, -0.2) is 33.6 Å². The quantitative estimate of drug-likeness (QED) is 0.541. The van der Waals surface area contributed by atoms with Gasteiger partial charge in [-0.2, -0.15) is 0 Å². The molecule has 3 aromatic rings. The number of fused-ring (bicyclic) bond motifs is 5. The summed E-state index contributed by atoms with van der Waals surface area (Å²) in [6, 6.07) is 13.5. The van der Waals surface area contributed by atoms with Crippen LogP contribution in [0.4, 0.5) is 5.69 Å². The molecule has 166 valence electrons. The predicted molar refractivity (Wildman–Crippen MR) is 118 cm³/mol. The topological polar surface area (TPSA) is 106 Å². The van der Waals surface area contributed by atoms with Crippen LogP contribution in [0.25, 0.3) is 10.9 Å². The van der Waals surface area contributed by atoms with E-state index in [1.165, 1.54) is 4.57 Å². The van der Waals surface area contributed by atoms with Gasteiger partial charge in [0.1, 0.15) is 17.8 Å². The van der Waals surface area contributed by atoms with E-state index in [0.29, 0.717) is 16.7 Å². The number of anilines is 1. The van der Waals surface area contributed by atoms with Crippen LogP contribution in [0.3, 0.4) is 0 Å². The zero-order chi connectivity index (χ0) is 22.7. The fourth-order valence-electron chi connectivity index (χ4n) is 6.05. The second-order valence-electron chi connectivity index (χ2n) is 9.38. The van der Waals surface area contributed by atoms with Gasteiger partial charge in [-0.3, -0.25) is 29.2 Å². The zero-order valence-corrected chi connectivity index (χ0v) is 18.0. The number of carbonyl (C=O) groups excluding carboxylic acids is 2. The molecular weight excluding hydrogens is 422 g/mol. The van der Waals surface area contributed by atoms with Crippen molar-refractivity contribution in [2.75, 3.05) is 4.90 Å². The minimum absolute atomic E-state index is 0.0486. The minimum atomic E-state index is -1.37. The lowest BCUT2D eigenvalue weighted by Gasteiger charge is -2.40. The first-order valence-electron chi connectivity index (χ1n) is 11.1. The normalized spacial score (nSPS) is 33.8. The van der Waals surface area contributed by atoms with Gasteiger partial charge in [-0.1, -0.05) is 30.3 Å². The lowest BCUT2D eigenvalue weighted by molar-refractivity contribution is -0.180. The van der Waals surface area contributed by atoms with Gasteiger partial charge in [0.05, 0.1) is 22.6 Å². The Morgan fingerprint density at radius 3 is 2.70 bits per heavy atom. The van der Waals surface area contributed by atoms with Crippen molar-refractivity contribution >= 4 is 28.4 Å². The number of rotatable bonds is 0. The Morgan fingerprint density at radius 2 is 1.85 bits per heavy atom. The SMILES string of the molecule is C[C@H]1N[C@H]2N(C1=O)c1ccccc1[C@@]21C[C@@H]2C(=O)N[C@](C)(O1)c1nc3ccccc3c(=O)n12. The Bertz CT molecular complexity index is 1470. The molecule has 0 aliphatic carbocycles. The lowest BCUT2D eigenvalue weighted by atomic mass is 9.86. The molecule has 2 saturated heterocycles. The van der Waals surface area contributed by atoms with E-state index < -0.39 is 29.6 Å². The second kappa shape index (κ2) is 5.86. The smallest absolute Gasteiger partial charge is 0.262 e. The maximum absolute atomic E-state index is 13.6. The molecule has 2 N–H and O–H groups in total. The molecule has 5 aliphatic rings. The summed E-state index contributed by atoms with van der Waals surface area (Å²) in [6.45, 7) is 3.55. The molecule has 8 rings (SSSR count). The van der Waals surface area contributed by atoms with Gasteiger partial charge in [0.25, 0.3) is 5.56 Å². The highest BCUT2D eigenvalue weighted by Crippen LogP contribution is 2.56. The molecule has 1 spiro atoms. The Balaban J connectivity index is 1.52. The number of aromatic nitrogens is 2. The number of nitrogens with zero attached hydrogens (tertiary/aromatic N) is 3.